The van der Waals surface area contributed by atoms with Gasteiger partial charge in [0.1, 0.15) is 0 Å². The highest BCUT2D eigenvalue weighted by atomic mass is 79.9. The molecule has 0 radical (unpaired) electrons. The predicted molar refractivity (Wildman–Crippen MR) is 84.1 cm³/mol. The first-order valence-electron chi connectivity index (χ1n) is 6.93. The molecule has 2 heterocycles. The monoisotopic (exact) mass is 332 g/mol. The van der Waals surface area contributed by atoms with Crippen LogP contribution in [0.3, 0.4) is 0 Å². The van der Waals surface area contributed by atoms with Crippen LogP contribution in [0.25, 0.3) is 10.9 Å². The fourth-order valence-corrected chi connectivity index (χ4v) is 3.91. The van der Waals surface area contributed by atoms with Gasteiger partial charge in [0.25, 0.3) is 5.91 Å². The molecule has 2 aromatic rings. The molecule has 20 heavy (non-hydrogen) atoms. The second kappa shape index (κ2) is 5.52. The predicted octanol–water partition coefficient (Wildman–Crippen LogP) is 3.48. The first kappa shape index (κ1) is 13.6. The minimum absolute atomic E-state index is 0.100. The highest BCUT2D eigenvalue weighted by molar-refractivity contribution is 9.09. The lowest BCUT2D eigenvalue weighted by atomic mass is 10.0. The summed E-state index contributed by atoms with van der Waals surface area (Å²) in [7, 11) is 0. The molecule has 2 unspecified atom stereocenters. The summed E-state index contributed by atoms with van der Waals surface area (Å²) >= 11 is 3.54. The number of alkyl halides is 1. The number of aromatic nitrogens is 1. The van der Waals surface area contributed by atoms with Crippen LogP contribution in [0.2, 0.25) is 0 Å². The molecule has 0 saturated carbocycles. The third-order valence-electron chi connectivity index (χ3n) is 4.16. The molecular weight excluding hydrogens is 316 g/mol. The van der Waals surface area contributed by atoms with Gasteiger partial charge in [-0.05, 0) is 24.5 Å². The van der Waals surface area contributed by atoms with Crippen LogP contribution in [0.15, 0.2) is 36.5 Å². The van der Waals surface area contributed by atoms with Crippen molar-refractivity contribution in [3.63, 3.8) is 0 Å². The zero-order valence-electron chi connectivity index (χ0n) is 11.4. The van der Waals surface area contributed by atoms with E-state index < -0.39 is 0 Å². The van der Waals surface area contributed by atoms with E-state index in [4.69, 9.17) is 0 Å². The number of carbonyl (C=O) groups excluding carboxylic acids is 1. The fraction of sp³-hybridized carbons (Fsp3) is 0.375. The summed E-state index contributed by atoms with van der Waals surface area (Å²) in [5.41, 5.74) is 1.51. The molecule has 3 nitrogen and oxygen atoms in total. The Morgan fingerprint density at radius 1 is 1.40 bits per heavy atom. The van der Waals surface area contributed by atoms with E-state index in [-0.39, 0.29) is 11.9 Å². The minimum Gasteiger partial charge on any atom is -0.334 e. The number of halogens is 1. The molecule has 1 aromatic carbocycles. The molecule has 0 N–H and O–H groups in total. The van der Waals surface area contributed by atoms with Crippen molar-refractivity contribution in [2.45, 2.75) is 19.4 Å². The molecule has 0 spiro atoms. The van der Waals surface area contributed by atoms with Gasteiger partial charge in [-0.2, -0.15) is 0 Å². The molecule has 1 aliphatic heterocycles. The number of pyridine rings is 1. The molecule has 3 rings (SSSR count). The Labute approximate surface area is 127 Å². The van der Waals surface area contributed by atoms with Gasteiger partial charge in [0.05, 0.1) is 11.1 Å². The van der Waals surface area contributed by atoms with Gasteiger partial charge in [0.15, 0.2) is 0 Å². The Kier molecular flexibility index (Phi) is 3.74. The summed E-state index contributed by atoms with van der Waals surface area (Å²) in [6, 6.07) is 9.98. The number of benzene rings is 1. The zero-order valence-corrected chi connectivity index (χ0v) is 13.0. The summed E-state index contributed by atoms with van der Waals surface area (Å²) in [4.78, 5) is 19.2. The normalized spacial score (nSPS) is 22.4. The van der Waals surface area contributed by atoms with Crippen molar-refractivity contribution < 1.29 is 4.79 Å². The maximum atomic E-state index is 12.8. The number of carbonyl (C=O) groups is 1. The number of hydrogen-bond donors (Lipinski definition) is 0. The molecule has 2 atom stereocenters. The Bertz CT molecular complexity index is 638. The summed E-state index contributed by atoms with van der Waals surface area (Å²) in [6.45, 7) is 3.04. The topological polar surface area (TPSA) is 33.2 Å². The van der Waals surface area contributed by atoms with Gasteiger partial charge in [0, 0.05) is 29.5 Å². The van der Waals surface area contributed by atoms with Crippen molar-refractivity contribution >= 4 is 32.7 Å². The number of amides is 1. The van der Waals surface area contributed by atoms with Crippen molar-refractivity contribution in [2.75, 3.05) is 11.9 Å². The van der Waals surface area contributed by atoms with Crippen molar-refractivity contribution in [3.8, 4) is 0 Å². The molecule has 1 saturated heterocycles. The number of nitrogens with zero attached hydrogens (tertiary/aromatic N) is 2. The maximum absolute atomic E-state index is 12.8. The summed E-state index contributed by atoms with van der Waals surface area (Å²) < 4.78 is 0. The molecule has 0 aliphatic carbocycles. The number of fused-ring (bicyclic) bond motifs is 1. The second-order valence-electron chi connectivity index (χ2n) is 5.37. The molecule has 104 valence electrons. The lowest BCUT2D eigenvalue weighted by molar-refractivity contribution is 0.0740. The number of hydrogen-bond acceptors (Lipinski definition) is 2. The van der Waals surface area contributed by atoms with Gasteiger partial charge < -0.3 is 4.90 Å². The summed E-state index contributed by atoms with van der Waals surface area (Å²) in [5, 5.41) is 1.85. The van der Waals surface area contributed by atoms with E-state index in [0.29, 0.717) is 11.5 Å². The van der Waals surface area contributed by atoms with Gasteiger partial charge in [-0.15, -0.1) is 0 Å². The third-order valence-corrected chi connectivity index (χ3v) is 4.83. The van der Waals surface area contributed by atoms with Crippen LogP contribution in [0, 0.1) is 5.92 Å². The average molecular weight is 333 g/mol. The first-order valence-corrected chi connectivity index (χ1v) is 8.05. The SMILES string of the molecule is CC1CCN(C(=O)c2cccc3cccnc23)C1CBr. The van der Waals surface area contributed by atoms with Crippen LogP contribution in [0.5, 0.6) is 0 Å². The number of likely N-dealkylation sites (tertiary alicyclic amines) is 1. The van der Waals surface area contributed by atoms with Gasteiger partial charge in [-0.1, -0.05) is 41.1 Å². The Morgan fingerprint density at radius 2 is 2.20 bits per heavy atom. The van der Waals surface area contributed by atoms with Crippen LogP contribution in [-0.4, -0.2) is 33.7 Å². The highest BCUT2D eigenvalue weighted by Gasteiger charge is 2.34. The largest absolute Gasteiger partial charge is 0.334 e. The Balaban J connectivity index is 2.01. The lowest BCUT2D eigenvalue weighted by Crippen LogP contribution is -2.38. The van der Waals surface area contributed by atoms with Crippen LogP contribution < -0.4 is 0 Å². The Hall–Kier alpha value is -1.42. The van der Waals surface area contributed by atoms with Gasteiger partial charge in [0.2, 0.25) is 0 Å². The number of rotatable bonds is 2. The van der Waals surface area contributed by atoms with E-state index in [1.165, 1.54) is 0 Å². The summed E-state index contributed by atoms with van der Waals surface area (Å²) in [5.74, 6) is 0.643. The molecule has 1 fully saturated rings. The van der Waals surface area contributed by atoms with E-state index in [1.54, 1.807) is 6.20 Å². The molecule has 1 amide bonds. The van der Waals surface area contributed by atoms with Gasteiger partial charge in [-0.3, -0.25) is 9.78 Å². The highest BCUT2D eigenvalue weighted by Crippen LogP contribution is 2.28. The van der Waals surface area contributed by atoms with Crippen molar-refractivity contribution in [1.82, 2.24) is 9.88 Å². The van der Waals surface area contributed by atoms with Crippen LogP contribution in [0.1, 0.15) is 23.7 Å². The van der Waals surface area contributed by atoms with E-state index in [9.17, 15) is 4.79 Å². The second-order valence-corrected chi connectivity index (χ2v) is 6.01. The van der Waals surface area contributed by atoms with Gasteiger partial charge >= 0.3 is 0 Å². The lowest BCUT2D eigenvalue weighted by Gasteiger charge is -2.25. The van der Waals surface area contributed by atoms with Crippen LogP contribution in [-0.2, 0) is 0 Å². The molecule has 0 bridgehead atoms. The van der Waals surface area contributed by atoms with E-state index in [0.717, 1.165) is 29.2 Å². The fourth-order valence-electron chi connectivity index (χ4n) is 2.93. The van der Waals surface area contributed by atoms with Crippen LogP contribution >= 0.6 is 15.9 Å². The van der Waals surface area contributed by atoms with E-state index >= 15 is 0 Å². The minimum atomic E-state index is 0.100. The average Bonchev–Trinajstić information content (AvgIpc) is 2.86. The van der Waals surface area contributed by atoms with Gasteiger partial charge in [-0.25, -0.2) is 0 Å². The molecule has 4 heteroatoms. The van der Waals surface area contributed by atoms with Crippen molar-refractivity contribution in [3.05, 3.63) is 42.1 Å². The zero-order chi connectivity index (χ0) is 14.1. The van der Waals surface area contributed by atoms with Crippen molar-refractivity contribution in [1.29, 1.82) is 0 Å². The van der Waals surface area contributed by atoms with E-state index in [1.807, 2.05) is 35.2 Å². The smallest absolute Gasteiger partial charge is 0.256 e. The standard InChI is InChI=1S/C16H17BrN2O/c1-11-7-9-19(14(11)10-17)16(20)13-6-2-4-12-5-3-8-18-15(12)13/h2-6,8,11,14H,7,9-10H2,1H3. The summed E-state index contributed by atoms with van der Waals surface area (Å²) in [6.07, 6.45) is 2.81. The molecule has 1 aromatic heterocycles. The quantitative estimate of drug-likeness (QED) is 0.789. The first-order chi connectivity index (χ1) is 9.72. The van der Waals surface area contributed by atoms with Crippen LogP contribution in [0.4, 0.5) is 0 Å². The third kappa shape index (κ3) is 2.22. The molecular formula is C16H17BrN2O. The maximum Gasteiger partial charge on any atom is 0.256 e. The number of para-hydroxylation sites is 1. The molecule has 1 aliphatic rings. The van der Waals surface area contributed by atoms with E-state index in [2.05, 4.69) is 27.8 Å². The Morgan fingerprint density at radius 3 is 3.00 bits per heavy atom. The van der Waals surface area contributed by atoms with Crippen molar-refractivity contribution in [2.24, 2.45) is 5.92 Å².